The molecule has 0 saturated carbocycles. The van der Waals surface area contributed by atoms with E-state index in [4.69, 9.17) is 16.3 Å². The molecule has 0 unspecified atom stereocenters. The average Bonchev–Trinajstić information content (AvgIpc) is 2.68. The molecule has 2 aromatic rings. The fourth-order valence-corrected chi connectivity index (χ4v) is 4.87. The molecule has 158 valence electrons. The van der Waals surface area contributed by atoms with Crippen LogP contribution in [-0.2, 0) is 16.6 Å². The van der Waals surface area contributed by atoms with Crippen molar-refractivity contribution in [1.29, 1.82) is 0 Å². The highest BCUT2D eigenvalue weighted by Gasteiger charge is 2.26. The highest BCUT2D eigenvalue weighted by Crippen LogP contribution is 2.27. The molecule has 1 amide bonds. The van der Waals surface area contributed by atoms with Crippen LogP contribution in [0.25, 0.3) is 0 Å². The van der Waals surface area contributed by atoms with E-state index in [2.05, 4.69) is 0 Å². The minimum absolute atomic E-state index is 0.0494. The maximum absolute atomic E-state index is 13.9. The van der Waals surface area contributed by atoms with Gasteiger partial charge >= 0.3 is 0 Å². The van der Waals surface area contributed by atoms with E-state index in [1.54, 1.807) is 27.0 Å². The van der Waals surface area contributed by atoms with Crippen LogP contribution in [0, 0.1) is 5.82 Å². The zero-order valence-electron chi connectivity index (χ0n) is 16.8. The zero-order valence-corrected chi connectivity index (χ0v) is 18.3. The number of amides is 1. The van der Waals surface area contributed by atoms with E-state index in [-0.39, 0.29) is 40.9 Å². The number of ether oxygens (including phenoxy) is 1. The van der Waals surface area contributed by atoms with E-state index in [0.29, 0.717) is 5.56 Å². The third-order valence-corrected chi connectivity index (χ3v) is 7.02. The van der Waals surface area contributed by atoms with Gasteiger partial charge in [-0.3, -0.25) is 4.79 Å². The Bertz CT molecular complexity index is 994. The molecule has 0 bridgehead atoms. The minimum Gasteiger partial charge on any atom is -0.494 e. The SMILES string of the molecule is CCN(CC)S(=O)(=O)c1cc(C(=O)N(C)Cc2ccc(OC)c(F)c2)ccc1Cl. The normalized spacial score (nSPS) is 11.6. The fraction of sp³-hybridized carbons (Fsp3) is 0.350. The molecule has 0 spiro atoms. The van der Waals surface area contributed by atoms with Crippen molar-refractivity contribution in [2.45, 2.75) is 25.3 Å². The lowest BCUT2D eigenvalue weighted by molar-refractivity contribution is 0.0784. The van der Waals surface area contributed by atoms with Crippen molar-refractivity contribution >= 4 is 27.5 Å². The van der Waals surface area contributed by atoms with Gasteiger partial charge in [-0.2, -0.15) is 4.31 Å². The number of methoxy groups -OCH3 is 1. The van der Waals surface area contributed by atoms with Gasteiger partial charge in [0.15, 0.2) is 11.6 Å². The summed E-state index contributed by atoms with van der Waals surface area (Å²) in [5.74, 6) is -0.814. The van der Waals surface area contributed by atoms with Gasteiger partial charge in [-0.15, -0.1) is 0 Å². The Balaban J connectivity index is 2.30. The second-order valence-corrected chi connectivity index (χ2v) is 8.68. The van der Waals surface area contributed by atoms with E-state index in [1.165, 1.54) is 46.6 Å². The first-order valence-corrected chi connectivity index (χ1v) is 10.8. The predicted octanol–water partition coefficient (Wildman–Crippen LogP) is 3.79. The number of carbonyl (C=O) groups is 1. The third kappa shape index (κ3) is 5.07. The summed E-state index contributed by atoms with van der Waals surface area (Å²) in [6.07, 6.45) is 0. The molecular formula is C20H24ClFN2O4S. The molecule has 6 nitrogen and oxygen atoms in total. The van der Waals surface area contributed by atoms with Gasteiger partial charge in [0.05, 0.1) is 12.1 Å². The van der Waals surface area contributed by atoms with Crippen LogP contribution in [0.15, 0.2) is 41.3 Å². The lowest BCUT2D eigenvalue weighted by atomic mass is 10.1. The second kappa shape index (κ2) is 9.56. The summed E-state index contributed by atoms with van der Waals surface area (Å²) in [5, 5.41) is 0.0494. The smallest absolute Gasteiger partial charge is 0.253 e. The number of rotatable bonds is 8. The molecule has 0 aromatic heterocycles. The molecule has 0 aliphatic carbocycles. The molecule has 0 aliphatic rings. The van der Waals surface area contributed by atoms with Crippen LogP contribution in [0.3, 0.4) is 0 Å². The van der Waals surface area contributed by atoms with Crippen molar-refractivity contribution in [1.82, 2.24) is 9.21 Å². The van der Waals surface area contributed by atoms with Crippen LogP contribution in [-0.4, -0.2) is 50.8 Å². The summed E-state index contributed by atoms with van der Waals surface area (Å²) in [7, 11) is -0.892. The second-order valence-electron chi connectivity index (χ2n) is 6.36. The lowest BCUT2D eigenvalue weighted by Gasteiger charge is -2.21. The quantitative estimate of drug-likeness (QED) is 0.623. The molecule has 0 radical (unpaired) electrons. The summed E-state index contributed by atoms with van der Waals surface area (Å²) < 4.78 is 45.7. The Hall–Kier alpha value is -2.16. The van der Waals surface area contributed by atoms with Gasteiger partial charge in [-0.05, 0) is 35.9 Å². The number of benzene rings is 2. The molecular weight excluding hydrogens is 419 g/mol. The Morgan fingerprint density at radius 2 is 1.79 bits per heavy atom. The summed E-state index contributed by atoms with van der Waals surface area (Å²) in [6, 6.07) is 8.58. The lowest BCUT2D eigenvalue weighted by Crippen LogP contribution is -2.31. The van der Waals surface area contributed by atoms with Crippen molar-refractivity contribution in [3.63, 3.8) is 0 Å². The molecule has 9 heteroatoms. The summed E-state index contributed by atoms with van der Waals surface area (Å²) in [5.41, 5.74) is 0.751. The molecule has 2 rings (SSSR count). The topological polar surface area (TPSA) is 66.9 Å². The van der Waals surface area contributed by atoms with Crippen LogP contribution < -0.4 is 4.74 Å². The first kappa shape index (κ1) is 23.1. The van der Waals surface area contributed by atoms with Gasteiger partial charge in [0.25, 0.3) is 5.91 Å². The summed E-state index contributed by atoms with van der Waals surface area (Å²) >= 11 is 6.11. The first-order valence-electron chi connectivity index (χ1n) is 9.03. The van der Waals surface area contributed by atoms with Crippen molar-refractivity contribution in [3.05, 3.63) is 58.4 Å². The fourth-order valence-electron chi connectivity index (χ4n) is 2.91. The molecule has 29 heavy (non-hydrogen) atoms. The van der Waals surface area contributed by atoms with Crippen molar-refractivity contribution < 1.29 is 22.3 Å². The molecule has 0 N–H and O–H groups in total. The standard InChI is InChI=1S/C20H24ClFN2O4S/c1-5-24(6-2)29(26,27)19-12-15(8-9-16(19)21)20(25)23(3)13-14-7-10-18(28-4)17(22)11-14/h7-12H,5-6,13H2,1-4H3. The van der Waals surface area contributed by atoms with Crippen LogP contribution in [0.1, 0.15) is 29.8 Å². The van der Waals surface area contributed by atoms with Gasteiger partial charge < -0.3 is 9.64 Å². The number of sulfonamides is 1. The highest BCUT2D eigenvalue weighted by molar-refractivity contribution is 7.89. The molecule has 0 saturated heterocycles. The van der Waals surface area contributed by atoms with Crippen LogP contribution in [0.5, 0.6) is 5.75 Å². The Morgan fingerprint density at radius 3 is 2.34 bits per heavy atom. The predicted molar refractivity (Wildman–Crippen MR) is 110 cm³/mol. The molecule has 0 fully saturated rings. The highest BCUT2D eigenvalue weighted by atomic mass is 35.5. The van der Waals surface area contributed by atoms with E-state index in [1.807, 2.05) is 0 Å². The maximum Gasteiger partial charge on any atom is 0.253 e. The molecule has 0 heterocycles. The molecule has 2 aromatic carbocycles. The largest absolute Gasteiger partial charge is 0.494 e. The maximum atomic E-state index is 13.9. The summed E-state index contributed by atoms with van der Waals surface area (Å²) in [6.45, 7) is 4.17. The Morgan fingerprint density at radius 1 is 1.14 bits per heavy atom. The number of halogens is 2. The van der Waals surface area contributed by atoms with Crippen molar-refractivity contribution in [2.24, 2.45) is 0 Å². The van der Waals surface area contributed by atoms with Gasteiger partial charge in [0.1, 0.15) is 4.90 Å². The monoisotopic (exact) mass is 442 g/mol. The molecule has 0 atom stereocenters. The number of carbonyl (C=O) groups excluding carboxylic acids is 1. The van der Waals surface area contributed by atoms with E-state index < -0.39 is 21.7 Å². The Labute approximate surface area is 175 Å². The van der Waals surface area contributed by atoms with Gasteiger partial charge in [-0.1, -0.05) is 31.5 Å². The average molecular weight is 443 g/mol. The van der Waals surface area contributed by atoms with Crippen LogP contribution in [0.4, 0.5) is 4.39 Å². The Kier molecular flexibility index (Phi) is 7.62. The van der Waals surface area contributed by atoms with Crippen LogP contribution >= 0.6 is 11.6 Å². The van der Waals surface area contributed by atoms with Crippen molar-refractivity contribution in [3.8, 4) is 5.75 Å². The number of hydrogen-bond donors (Lipinski definition) is 0. The third-order valence-electron chi connectivity index (χ3n) is 4.48. The van der Waals surface area contributed by atoms with Gasteiger partial charge in [-0.25, -0.2) is 12.8 Å². The van der Waals surface area contributed by atoms with Crippen LogP contribution in [0.2, 0.25) is 5.02 Å². The van der Waals surface area contributed by atoms with E-state index in [9.17, 15) is 17.6 Å². The van der Waals surface area contributed by atoms with E-state index >= 15 is 0 Å². The van der Waals surface area contributed by atoms with Crippen molar-refractivity contribution in [2.75, 3.05) is 27.2 Å². The minimum atomic E-state index is -3.82. The molecule has 0 aliphatic heterocycles. The summed E-state index contributed by atoms with van der Waals surface area (Å²) in [4.78, 5) is 14.1. The van der Waals surface area contributed by atoms with Gasteiger partial charge in [0, 0.05) is 32.2 Å². The zero-order chi connectivity index (χ0) is 21.8. The van der Waals surface area contributed by atoms with Gasteiger partial charge in [0.2, 0.25) is 10.0 Å². The number of nitrogens with zero attached hydrogens (tertiary/aromatic N) is 2. The number of hydrogen-bond acceptors (Lipinski definition) is 4. The van der Waals surface area contributed by atoms with E-state index in [0.717, 1.165) is 0 Å². The first-order chi connectivity index (χ1) is 13.6.